The summed E-state index contributed by atoms with van der Waals surface area (Å²) >= 11 is 1.62. The number of allylic oxidation sites excluding steroid dienone is 1. The molecule has 0 unspecified atom stereocenters. The van der Waals surface area contributed by atoms with E-state index in [9.17, 15) is 9.59 Å². The summed E-state index contributed by atoms with van der Waals surface area (Å²) in [6, 6.07) is 3.50. The second-order valence-electron chi connectivity index (χ2n) is 5.74. The number of thioether (sulfide) groups is 1. The van der Waals surface area contributed by atoms with Crippen LogP contribution in [0.2, 0.25) is 0 Å². The van der Waals surface area contributed by atoms with Gasteiger partial charge in [0.2, 0.25) is 11.8 Å². The van der Waals surface area contributed by atoms with Gasteiger partial charge in [-0.1, -0.05) is 12.1 Å². The second-order valence-corrected chi connectivity index (χ2v) is 6.74. The lowest BCUT2D eigenvalue weighted by Gasteiger charge is -2.32. The molecule has 1 fully saturated rings. The van der Waals surface area contributed by atoms with Gasteiger partial charge in [-0.05, 0) is 38.5 Å². The summed E-state index contributed by atoms with van der Waals surface area (Å²) in [6.45, 7) is 6.31. The van der Waals surface area contributed by atoms with Gasteiger partial charge in [-0.3, -0.25) is 14.6 Å². The highest BCUT2D eigenvalue weighted by molar-refractivity contribution is 7.99. The van der Waals surface area contributed by atoms with Crippen molar-refractivity contribution in [3.8, 4) is 0 Å². The Labute approximate surface area is 141 Å². The fourth-order valence-electron chi connectivity index (χ4n) is 2.50. The van der Waals surface area contributed by atoms with Crippen molar-refractivity contribution in [1.29, 1.82) is 0 Å². The van der Waals surface area contributed by atoms with E-state index in [1.807, 2.05) is 30.9 Å². The highest BCUT2D eigenvalue weighted by Crippen LogP contribution is 2.24. The van der Waals surface area contributed by atoms with Crippen LogP contribution in [0.5, 0.6) is 0 Å². The number of carbonyl (C=O) groups is 2. The number of hydrogen-bond acceptors (Lipinski definition) is 4. The van der Waals surface area contributed by atoms with E-state index >= 15 is 0 Å². The number of amides is 2. The summed E-state index contributed by atoms with van der Waals surface area (Å²) in [6.07, 6.45) is 6.72. The molecule has 1 aliphatic rings. The molecular formula is C17H23N3O2S. The molecule has 23 heavy (non-hydrogen) atoms. The Kier molecular flexibility index (Phi) is 6.21. The first-order valence-electron chi connectivity index (χ1n) is 7.75. The molecule has 2 amide bonds. The van der Waals surface area contributed by atoms with E-state index in [1.165, 1.54) is 6.08 Å². The predicted molar refractivity (Wildman–Crippen MR) is 92.7 cm³/mol. The van der Waals surface area contributed by atoms with Crippen molar-refractivity contribution in [2.24, 2.45) is 0 Å². The topological polar surface area (TPSA) is 53.5 Å². The number of nitrogens with zero attached hydrogens (tertiary/aromatic N) is 3. The first kappa shape index (κ1) is 17.5. The van der Waals surface area contributed by atoms with Crippen LogP contribution in [0.25, 0.3) is 0 Å². The summed E-state index contributed by atoms with van der Waals surface area (Å²) in [5, 5.41) is 0. The molecule has 6 heteroatoms. The van der Waals surface area contributed by atoms with Gasteiger partial charge in [0.1, 0.15) is 6.04 Å². The Hall–Kier alpha value is -1.82. The maximum absolute atomic E-state index is 13.0. The fourth-order valence-corrected chi connectivity index (χ4v) is 3.65. The molecule has 1 aliphatic heterocycles. The van der Waals surface area contributed by atoms with Crippen LogP contribution in [0.3, 0.4) is 0 Å². The van der Waals surface area contributed by atoms with Crippen molar-refractivity contribution in [3.05, 3.63) is 42.2 Å². The highest BCUT2D eigenvalue weighted by Gasteiger charge is 2.36. The van der Waals surface area contributed by atoms with Crippen molar-refractivity contribution < 1.29 is 9.59 Å². The monoisotopic (exact) mass is 333 g/mol. The van der Waals surface area contributed by atoms with E-state index in [1.54, 1.807) is 42.1 Å². The molecule has 0 radical (unpaired) electrons. The lowest BCUT2D eigenvalue weighted by molar-refractivity contribution is -0.143. The first-order valence-corrected chi connectivity index (χ1v) is 8.90. The summed E-state index contributed by atoms with van der Waals surface area (Å²) in [7, 11) is 0. The third-order valence-corrected chi connectivity index (χ3v) is 4.75. The third-order valence-electron chi connectivity index (χ3n) is 3.74. The lowest BCUT2D eigenvalue weighted by Crippen LogP contribution is -2.50. The standard InChI is InChI=1S/C17H23N3O2S/c1-4-6-16(21)20-12-23-11-15(20)17(22)19(13(2)3)10-14-7-5-8-18-9-14/h4-9,13,15H,10-12H2,1-3H3/b6-4-/t15-/m0/s1. The van der Waals surface area contributed by atoms with Gasteiger partial charge in [0.05, 0.1) is 5.88 Å². The molecule has 1 atom stereocenters. The molecule has 0 aromatic carbocycles. The van der Waals surface area contributed by atoms with Crippen LogP contribution in [0, 0.1) is 0 Å². The van der Waals surface area contributed by atoms with E-state index in [0.717, 1.165) is 5.56 Å². The molecule has 5 nitrogen and oxygen atoms in total. The minimum absolute atomic E-state index is 0.00621. The summed E-state index contributed by atoms with van der Waals surface area (Å²) in [5.41, 5.74) is 0.992. The Balaban J connectivity index is 2.15. The van der Waals surface area contributed by atoms with Gasteiger partial charge >= 0.3 is 0 Å². The van der Waals surface area contributed by atoms with Crippen LogP contribution in [0.15, 0.2) is 36.7 Å². The molecule has 124 valence electrons. The zero-order valence-corrected chi connectivity index (χ0v) is 14.6. The largest absolute Gasteiger partial charge is 0.334 e. The van der Waals surface area contributed by atoms with Crippen molar-refractivity contribution in [2.45, 2.75) is 39.4 Å². The zero-order valence-electron chi connectivity index (χ0n) is 13.8. The lowest BCUT2D eigenvalue weighted by atomic mass is 10.1. The molecule has 1 saturated heterocycles. The molecule has 0 bridgehead atoms. The fraction of sp³-hybridized carbons (Fsp3) is 0.471. The summed E-state index contributed by atoms with van der Waals surface area (Å²) in [5.74, 6) is 1.13. The predicted octanol–water partition coefficient (Wildman–Crippen LogP) is 2.30. The number of rotatable bonds is 5. The molecule has 0 aliphatic carbocycles. The maximum Gasteiger partial charge on any atom is 0.247 e. The average Bonchev–Trinajstić information content (AvgIpc) is 3.02. The molecule has 0 N–H and O–H groups in total. The zero-order chi connectivity index (χ0) is 16.8. The van der Waals surface area contributed by atoms with Crippen molar-refractivity contribution >= 4 is 23.6 Å². The van der Waals surface area contributed by atoms with Crippen LogP contribution in [-0.2, 0) is 16.1 Å². The van der Waals surface area contributed by atoms with E-state index < -0.39 is 0 Å². The quantitative estimate of drug-likeness (QED) is 0.776. The Morgan fingerprint density at radius 1 is 1.52 bits per heavy atom. The maximum atomic E-state index is 13.0. The first-order chi connectivity index (χ1) is 11.0. The number of hydrogen-bond donors (Lipinski definition) is 0. The molecule has 2 heterocycles. The molecule has 1 aromatic rings. The molecular weight excluding hydrogens is 310 g/mol. The van der Waals surface area contributed by atoms with Crippen molar-refractivity contribution in [1.82, 2.24) is 14.8 Å². The Bertz CT molecular complexity index is 574. The van der Waals surface area contributed by atoms with Gasteiger partial charge in [-0.2, -0.15) is 0 Å². The van der Waals surface area contributed by atoms with Crippen LogP contribution in [-0.4, -0.2) is 50.3 Å². The highest BCUT2D eigenvalue weighted by atomic mass is 32.2. The number of carbonyl (C=O) groups excluding carboxylic acids is 2. The minimum atomic E-state index is -0.386. The Morgan fingerprint density at radius 2 is 2.30 bits per heavy atom. The van der Waals surface area contributed by atoms with Crippen LogP contribution >= 0.6 is 11.8 Å². The van der Waals surface area contributed by atoms with E-state index in [2.05, 4.69) is 4.98 Å². The van der Waals surface area contributed by atoms with Gasteiger partial charge in [0.25, 0.3) is 0 Å². The molecule has 1 aromatic heterocycles. The van der Waals surface area contributed by atoms with E-state index in [-0.39, 0.29) is 23.9 Å². The van der Waals surface area contributed by atoms with Crippen molar-refractivity contribution in [3.63, 3.8) is 0 Å². The molecule has 0 spiro atoms. The van der Waals surface area contributed by atoms with Gasteiger partial charge in [-0.25, -0.2) is 0 Å². The average molecular weight is 333 g/mol. The van der Waals surface area contributed by atoms with Gasteiger partial charge in [0, 0.05) is 30.7 Å². The van der Waals surface area contributed by atoms with Crippen molar-refractivity contribution in [2.75, 3.05) is 11.6 Å². The van der Waals surface area contributed by atoms with Gasteiger partial charge < -0.3 is 9.80 Å². The van der Waals surface area contributed by atoms with Crippen LogP contribution in [0.1, 0.15) is 26.3 Å². The van der Waals surface area contributed by atoms with Gasteiger partial charge in [-0.15, -0.1) is 11.8 Å². The Morgan fingerprint density at radius 3 is 2.91 bits per heavy atom. The van der Waals surface area contributed by atoms with Gasteiger partial charge in [0.15, 0.2) is 0 Å². The second kappa shape index (κ2) is 8.15. The normalized spacial score (nSPS) is 17.9. The SMILES string of the molecule is C/C=C\C(=O)N1CSC[C@H]1C(=O)N(Cc1cccnc1)C(C)C. The number of aromatic nitrogens is 1. The number of pyridine rings is 1. The molecule has 2 rings (SSSR count). The minimum Gasteiger partial charge on any atom is -0.334 e. The molecule has 0 saturated carbocycles. The van der Waals surface area contributed by atoms with Crippen LogP contribution < -0.4 is 0 Å². The van der Waals surface area contributed by atoms with Crippen LogP contribution in [0.4, 0.5) is 0 Å². The van der Waals surface area contributed by atoms with E-state index in [4.69, 9.17) is 0 Å². The summed E-state index contributed by atoms with van der Waals surface area (Å²) in [4.78, 5) is 32.7. The smallest absolute Gasteiger partial charge is 0.247 e. The third kappa shape index (κ3) is 4.34. The van der Waals surface area contributed by atoms with E-state index in [0.29, 0.717) is 18.2 Å². The summed E-state index contributed by atoms with van der Waals surface area (Å²) < 4.78 is 0.